The van der Waals surface area contributed by atoms with Gasteiger partial charge in [0.05, 0.1) is 16.4 Å². The Morgan fingerprint density at radius 1 is 0.309 bits per heavy atom. The normalized spacial score (nSPS) is 12.5. The van der Waals surface area contributed by atoms with Gasteiger partial charge in [-0.3, -0.25) is 4.57 Å². The molecule has 0 unspecified atom stereocenters. The highest BCUT2D eigenvalue weighted by atomic mass is 15.2. The first-order chi connectivity index (χ1) is 33.7. The van der Waals surface area contributed by atoms with Crippen LogP contribution in [-0.2, 0) is 5.41 Å². The summed E-state index contributed by atoms with van der Waals surface area (Å²) in [6.45, 7) is 0. The van der Waals surface area contributed by atoms with E-state index < -0.39 is 5.41 Å². The zero-order chi connectivity index (χ0) is 45.0. The summed E-state index contributed by atoms with van der Waals surface area (Å²) in [5.74, 6) is 1.17. The van der Waals surface area contributed by atoms with Crippen LogP contribution in [0.2, 0.25) is 0 Å². The molecule has 318 valence electrons. The molecule has 12 aromatic rings. The second kappa shape index (κ2) is 16.2. The standard InChI is InChI=1S/C64H42N4/c1-5-19-43(20-6-1)45-23-17-24-46(35-45)50-37-49(44-21-7-2-8-22-44)38-51(39-50)47-25-18-26-48(36-47)62-65-42-66-63(67-62)68-60-34-16-14-32-55(60)57-40-56-54-31-13-15-33-58(54)64(59(56)41-61(57)68,52-27-9-3-10-28-52)53-29-11-4-12-30-53/h1-42H. The molecule has 0 bridgehead atoms. The van der Waals surface area contributed by atoms with Crippen molar-refractivity contribution in [2.24, 2.45) is 0 Å². The van der Waals surface area contributed by atoms with E-state index in [1.54, 1.807) is 6.33 Å². The van der Waals surface area contributed by atoms with E-state index in [9.17, 15) is 0 Å². The number of hydrogen-bond donors (Lipinski definition) is 0. The average molecular weight is 867 g/mol. The van der Waals surface area contributed by atoms with Crippen LogP contribution in [-0.4, -0.2) is 19.5 Å². The zero-order valence-corrected chi connectivity index (χ0v) is 37.0. The molecule has 0 spiro atoms. The van der Waals surface area contributed by atoms with Gasteiger partial charge in [-0.1, -0.05) is 200 Å². The largest absolute Gasteiger partial charge is 0.278 e. The fraction of sp³-hybridized carbons (Fsp3) is 0.0156. The SMILES string of the molecule is c1ccc(-c2cccc(-c3cc(-c4ccccc4)cc(-c4cccc(-c5ncnc(-n6c7ccccc7c7cc8c(cc76)C(c6ccccc6)(c6ccccc6)c6ccccc6-8)n5)c4)c3)c2)cc1. The Bertz CT molecular complexity index is 3800. The van der Waals surface area contributed by atoms with Crippen molar-refractivity contribution in [3.05, 3.63) is 277 Å². The Hall–Kier alpha value is -8.99. The number of aromatic nitrogens is 4. The highest BCUT2D eigenvalue weighted by Crippen LogP contribution is 2.57. The molecule has 4 nitrogen and oxygen atoms in total. The molecule has 0 amide bonds. The van der Waals surface area contributed by atoms with Gasteiger partial charge < -0.3 is 0 Å². The second-order valence-electron chi connectivity index (χ2n) is 17.6. The Morgan fingerprint density at radius 3 is 1.46 bits per heavy atom. The molecule has 1 aliphatic carbocycles. The summed E-state index contributed by atoms with van der Waals surface area (Å²) in [6, 6.07) is 89.7. The van der Waals surface area contributed by atoms with Crippen molar-refractivity contribution in [1.82, 2.24) is 19.5 Å². The van der Waals surface area contributed by atoms with Crippen LogP contribution in [0.5, 0.6) is 0 Å². The van der Waals surface area contributed by atoms with Crippen molar-refractivity contribution < 1.29 is 0 Å². The summed E-state index contributed by atoms with van der Waals surface area (Å²) in [6.07, 6.45) is 1.65. The van der Waals surface area contributed by atoms with Crippen molar-refractivity contribution in [1.29, 1.82) is 0 Å². The number of benzene rings is 10. The Labute approximate surface area is 395 Å². The molecule has 0 N–H and O–H groups in total. The predicted octanol–water partition coefficient (Wildman–Crippen LogP) is 15.7. The van der Waals surface area contributed by atoms with E-state index in [1.165, 1.54) is 50.1 Å². The minimum atomic E-state index is -0.545. The van der Waals surface area contributed by atoms with Crippen LogP contribution in [0, 0.1) is 0 Å². The third-order valence-electron chi connectivity index (χ3n) is 13.8. The molecule has 0 radical (unpaired) electrons. The van der Waals surface area contributed by atoms with Gasteiger partial charge in [0.15, 0.2) is 5.82 Å². The van der Waals surface area contributed by atoms with Crippen LogP contribution in [0.15, 0.2) is 255 Å². The smallest absolute Gasteiger partial charge is 0.238 e. The highest BCUT2D eigenvalue weighted by molar-refractivity contribution is 6.12. The first-order valence-corrected chi connectivity index (χ1v) is 23.2. The topological polar surface area (TPSA) is 43.6 Å². The fourth-order valence-corrected chi connectivity index (χ4v) is 10.8. The fourth-order valence-electron chi connectivity index (χ4n) is 10.8. The summed E-state index contributed by atoms with van der Waals surface area (Å²) in [4.78, 5) is 15.1. The van der Waals surface area contributed by atoms with Crippen LogP contribution in [0.3, 0.4) is 0 Å². The molecule has 4 heteroatoms. The van der Waals surface area contributed by atoms with Crippen molar-refractivity contribution in [2.45, 2.75) is 5.41 Å². The van der Waals surface area contributed by atoms with Crippen molar-refractivity contribution in [2.75, 3.05) is 0 Å². The summed E-state index contributed by atoms with van der Waals surface area (Å²) in [5.41, 5.74) is 19.1. The van der Waals surface area contributed by atoms with Gasteiger partial charge in [-0.2, -0.15) is 4.98 Å². The first-order valence-electron chi connectivity index (χ1n) is 23.2. The van der Waals surface area contributed by atoms with Crippen LogP contribution >= 0.6 is 0 Å². The van der Waals surface area contributed by atoms with Gasteiger partial charge in [-0.15, -0.1) is 0 Å². The summed E-state index contributed by atoms with van der Waals surface area (Å²) < 4.78 is 2.23. The Balaban J connectivity index is 0.963. The van der Waals surface area contributed by atoms with E-state index in [4.69, 9.17) is 15.0 Å². The lowest BCUT2D eigenvalue weighted by Crippen LogP contribution is -2.28. The van der Waals surface area contributed by atoms with Gasteiger partial charge in [0.1, 0.15) is 6.33 Å². The van der Waals surface area contributed by atoms with Crippen LogP contribution < -0.4 is 0 Å². The van der Waals surface area contributed by atoms with E-state index in [0.29, 0.717) is 11.8 Å². The van der Waals surface area contributed by atoms with Crippen LogP contribution in [0.1, 0.15) is 22.3 Å². The van der Waals surface area contributed by atoms with E-state index in [2.05, 4.69) is 253 Å². The number of nitrogens with zero attached hydrogens (tertiary/aromatic N) is 4. The van der Waals surface area contributed by atoms with Gasteiger partial charge in [0.25, 0.3) is 0 Å². The number of hydrogen-bond acceptors (Lipinski definition) is 3. The predicted molar refractivity (Wildman–Crippen MR) is 279 cm³/mol. The van der Waals surface area contributed by atoms with Crippen molar-refractivity contribution >= 4 is 21.8 Å². The summed E-state index contributed by atoms with van der Waals surface area (Å²) >= 11 is 0. The summed E-state index contributed by atoms with van der Waals surface area (Å²) in [7, 11) is 0. The van der Waals surface area contributed by atoms with Crippen molar-refractivity contribution in [3.63, 3.8) is 0 Å². The molecular formula is C64H42N4. The molecule has 0 aliphatic heterocycles. The molecule has 1 aliphatic rings. The maximum atomic E-state index is 5.32. The number of fused-ring (bicyclic) bond motifs is 6. The Kier molecular flexibility index (Phi) is 9.36. The molecule has 0 fully saturated rings. The maximum absolute atomic E-state index is 5.32. The van der Waals surface area contributed by atoms with E-state index in [1.807, 2.05) is 0 Å². The zero-order valence-electron chi connectivity index (χ0n) is 37.0. The lowest BCUT2D eigenvalue weighted by molar-refractivity contribution is 0.769. The molecular weight excluding hydrogens is 825 g/mol. The van der Waals surface area contributed by atoms with E-state index in [-0.39, 0.29) is 0 Å². The third-order valence-corrected chi connectivity index (χ3v) is 13.8. The molecule has 0 saturated carbocycles. The molecule has 0 saturated heterocycles. The van der Waals surface area contributed by atoms with E-state index >= 15 is 0 Å². The lowest BCUT2D eigenvalue weighted by Gasteiger charge is -2.34. The van der Waals surface area contributed by atoms with Gasteiger partial charge in [-0.05, 0) is 126 Å². The van der Waals surface area contributed by atoms with Gasteiger partial charge in [-0.25, -0.2) is 9.97 Å². The van der Waals surface area contributed by atoms with Crippen LogP contribution in [0.25, 0.3) is 94.8 Å². The first kappa shape index (κ1) is 39.4. The Morgan fingerprint density at radius 2 is 0.794 bits per heavy atom. The monoisotopic (exact) mass is 866 g/mol. The van der Waals surface area contributed by atoms with E-state index in [0.717, 1.165) is 55.2 Å². The summed E-state index contributed by atoms with van der Waals surface area (Å²) in [5, 5.41) is 2.30. The minimum Gasteiger partial charge on any atom is -0.278 e. The second-order valence-corrected chi connectivity index (χ2v) is 17.6. The molecule has 10 aromatic carbocycles. The van der Waals surface area contributed by atoms with Crippen molar-refractivity contribution in [3.8, 4) is 73.0 Å². The lowest BCUT2D eigenvalue weighted by atomic mass is 9.67. The molecule has 68 heavy (non-hydrogen) atoms. The number of rotatable bonds is 8. The van der Waals surface area contributed by atoms with Crippen LogP contribution in [0.4, 0.5) is 0 Å². The molecule has 2 aromatic heterocycles. The maximum Gasteiger partial charge on any atom is 0.238 e. The average Bonchev–Trinajstić information content (AvgIpc) is 3.91. The number of para-hydroxylation sites is 1. The molecule has 2 heterocycles. The molecule has 13 rings (SSSR count). The molecule has 0 atom stereocenters. The minimum absolute atomic E-state index is 0.545. The van der Waals surface area contributed by atoms with Gasteiger partial charge in [0.2, 0.25) is 5.95 Å². The highest BCUT2D eigenvalue weighted by Gasteiger charge is 2.46. The third kappa shape index (κ3) is 6.41. The van der Waals surface area contributed by atoms with Gasteiger partial charge >= 0.3 is 0 Å². The quantitative estimate of drug-likeness (QED) is 0.153. The van der Waals surface area contributed by atoms with Gasteiger partial charge in [0, 0.05) is 16.3 Å².